The number of hydrogen-bond acceptors (Lipinski definition) is 1. The van der Waals surface area contributed by atoms with E-state index in [1.165, 1.54) is 6.07 Å². The minimum atomic E-state index is -2.89. The van der Waals surface area contributed by atoms with Gasteiger partial charge in [0.2, 0.25) is 0 Å². The van der Waals surface area contributed by atoms with Crippen molar-refractivity contribution < 1.29 is 13.5 Å². The van der Waals surface area contributed by atoms with Crippen LogP contribution in [0.1, 0.15) is 23.6 Å². The molecule has 0 fully saturated rings. The summed E-state index contributed by atoms with van der Waals surface area (Å²) in [5.41, 5.74) is 1.43. The van der Waals surface area contributed by atoms with Crippen LogP contribution in [0.15, 0.2) is 36.4 Å². The number of hydrogen-bond donors (Lipinski definition) is 0. The molecular weight excluding hydrogens is 282 g/mol. The molecular formula is C16H15ClF2O. The van der Waals surface area contributed by atoms with Crippen LogP contribution >= 0.6 is 11.6 Å². The van der Waals surface area contributed by atoms with Gasteiger partial charge in [0.1, 0.15) is 11.5 Å². The van der Waals surface area contributed by atoms with Gasteiger partial charge in [0.05, 0.1) is 0 Å². The second-order valence-electron chi connectivity index (χ2n) is 4.88. The van der Waals surface area contributed by atoms with Crippen LogP contribution in [0, 0.1) is 13.8 Å². The van der Waals surface area contributed by atoms with Crippen LogP contribution in [0.5, 0.6) is 11.5 Å². The van der Waals surface area contributed by atoms with Crippen molar-refractivity contribution in [3.8, 4) is 11.5 Å². The van der Waals surface area contributed by atoms with Crippen molar-refractivity contribution in [2.75, 3.05) is 0 Å². The third kappa shape index (κ3) is 3.28. The number of alkyl halides is 2. The molecule has 0 aliphatic rings. The molecule has 0 spiro atoms. The Morgan fingerprint density at radius 2 is 1.50 bits per heavy atom. The molecule has 106 valence electrons. The van der Waals surface area contributed by atoms with Crippen molar-refractivity contribution in [2.24, 2.45) is 0 Å². The number of ether oxygens (including phenoxy) is 1. The van der Waals surface area contributed by atoms with E-state index in [2.05, 4.69) is 0 Å². The number of aryl methyl sites for hydroxylation is 2. The highest BCUT2D eigenvalue weighted by Gasteiger charge is 2.26. The molecule has 2 aromatic carbocycles. The van der Waals surface area contributed by atoms with Gasteiger partial charge in [-0.1, -0.05) is 23.7 Å². The molecule has 2 rings (SSSR count). The molecule has 0 saturated carbocycles. The predicted octanol–water partition coefficient (Wildman–Crippen LogP) is 5.86. The summed E-state index contributed by atoms with van der Waals surface area (Å²) in [4.78, 5) is 0. The average molecular weight is 297 g/mol. The van der Waals surface area contributed by atoms with E-state index < -0.39 is 5.92 Å². The zero-order valence-corrected chi connectivity index (χ0v) is 12.3. The molecule has 0 radical (unpaired) electrons. The number of rotatable bonds is 3. The molecule has 0 heterocycles. The average Bonchev–Trinajstić information content (AvgIpc) is 2.35. The van der Waals surface area contributed by atoms with E-state index in [4.69, 9.17) is 16.3 Å². The molecule has 0 aliphatic heterocycles. The third-order valence-corrected chi connectivity index (χ3v) is 3.47. The van der Waals surface area contributed by atoms with Crippen LogP contribution in [0.25, 0.3) is 0 Å². The van der Waals surface area contributed by atoms with E-state index in [1.54, 1.807) is 31.2 Å². The fourth-order valence-electron chi connectivity index (χ4n) is 1.91. The fourth-order valence-corrected chi connectivity index (χ4v) is 2.08. The Labute approximate surface area is 122 Å². The van der Waals surface area contributed by atoms with Crippen LogP contribution < -0.4 is 4.74 Å². The van der Waals surface area contributed by atoms with E-state index >= 15 is 0 Å². The van der Waals surface area contributed by atoms with Gasteiger partial charge in [-0.3, -0.25) is 0 Å². The first-order valence-electron chi connectivity index (χ1n) is 6.20. The van der Waals surface area contributed by atoms with Gasteiger partial charge in [-0.25, -0.2) is 8.78 Å². The molecule has 0 atom stereocenters. The van der Waals surface area contributed by atoms with Gasteiger partial charge in [-0.2, -0.15) is 0 Å². The first-order valence-corrected chi connectivity index (χ1v) is 6.58. The SMILES string of the molecule is Cc1ccc(Oc2ccc(C)c(C(C)(F)F)c2)cc1Cl. The lowest BCUT2D eigenvalue weighted by Gasteiger charge is -2.15. The molecule has 0 aliphatic carbocycles. The van der Waals surface area contributed by atoms with E-state index in [9.17, 15) is 8.78 Å². The zero-order chi connectivity index (χ0) is 14.9. The van der Waals surface area contributed by atoms with Gasteiger partial charge in [0, 0.05) is 17.5 Å². The lowest BCUT2D eigenvalue weighted by atomic mass is 10.0. The Hall–Kier alpha value is -1.61. The highest BCUT2D eigenvalue weighted by Crippen LogP contribution is 2.34. The summed E-state index contributed by atoms with van der Waals surface area (Å²) >= 11 is 6.01. The Bertz CT molecular complexity index is 633. The van der Waals surface area contributed by atoms with Crippen LogP contribution in [-0.2, 0) is 5.92 Å². The van der Waals surface area contributed by atoms with Crippen molar-refractivity contribution in [3.05, 3.63) is 58.1 Å². The molecule has 20 heavy (non-hydrogen) atoms. The summed E-state index contributed by atoms with van der Waals surface area (Å²) in [6.07, 6.45) is 0. The van der Waals surface area contributed by atoms with E-state index in [-0.39, 0.29) is 5.56 Å². The molecule has 0 amide bonds. The highest BCUT2D eigenvalue weighted by molar-refractivity contribution is 6.31. The molecule has 0 bridgehead atoms. The number of benzene rings is 2. The van der Waals surface area contributed by atoms with Crippen LogP contribution in [-0.4, -0.2) is 0 Å². The van der Waals surface area contributed by atoms with Crippen LogP contribution in [0.4, 0.5) is 8.78 Å². The summed E-state index contributed by atoms with van der Waals surface area (Å²) in [5, 5.41) is 0.579. The van der Waals surface area contributed by atoms with Crippen molar-refractivity contribution >= 4 is 11.6 Å². The van der Waals surface area contributed by atoms with Crippen molar-refractivity contribution in [1.82, 2.24) is 0 Å². The molecule has 0 saturated heterocycles. The lowest BCUT2D eigenvalue weighted by Crippen LogP contribution is -2.09. The van der Waals surface area contributed by atoms with Crippen molar-refractivity contribution in [2.45, 2.75) is 26.7 Å². The van der Waals surface area contributed by atoms with E-state index in [0.29, 0.717) is 22.1 Å². The summed E-state index contributed by atoms with van der Waals surface area (Å²) in [6, 6.07) is 9.89. The first kappa shape index (κ1) is 14.8. The predicted molar refractivity (Wildman–Crippen MR) is 77.0 cm³/mol. The van der Waals surface area contributed by atoms with Crippen molar-refractivity contribution in [3.63, 3.8) is 0 Å². The maximum absolute atomic E-state index is 13.5. The molecule has 0 unspecified atom stereocenters. The monoisotopic (exact) mass is 296 g/mol. The topological polar surface area (TPSA) is 9.23 Å². The van der Waals surface area contributed by atoms with Gasteiger partial charge in [-0.15, -0.1) is 0 Å². The largest absolute Gasteiger partial charge is 0.457 e. The molecule has 4 heteroatoms. The molecule has 0 aromatic heterocycles. The standard InChI is InChI=1S/C16H15ClF2O/c1-10-4-6-12(8-14(10)16(3,18)19)20-13-7-5-11(2)15(17)9-13/h4-9H,1-3H3. The number of halogens is 3. The second-order valence-corrected chi connectivity index (χ2v) is 5.29. The third-order valence-electron chi connectivity index (χ3n) is 3.06. The maximum Gasteiger partial charge on any atom is 0.270 e. The maximum atomic E-state index is 13.5. The quantitative estimate of drug-likeness (QED) is 0.689. The normalized spacial score (nSPS) is 11.5. The summed E-state index contributed by atoms with van der Waals surface area (Å²) in [5.74, 6) is -2.00. The molecule has 2 aromatic rings. The summed E-state index contributed by atoms with van der Waals surface area (Å²) < 4.78 is 32.5. The smallest absolute Gasteiger partial charge is 0.270 e. The fraction of sp³-hybridized carbons (Fsp3) is 0.250. The Kier molecular flexibility index (Phi) is 4.00. The van der Waals surface area contributed by atoms with Gasteiger partial charge in [-0.05, 0) is 49.2 Å². The van der Waals surface area contributed by atoms with E-state index in [0.717, 1.165) is 12.5 Å². The van der Waals surface area contributed by atoms with Crippen LogP contribution in [0.2, 0.25) is 5.02 Å². The van der Waals surface area contributed by atoms with Crippen molar-refractivity contribution in [1.29, 1.82) is 0 Å². The van der Waals surface area contributed by atoms with Gasteiger partial charge in [0.15, 0.2) is 0 Å². The Morgan fingerprint density at radius 3 is 2.05 bits per heavy atom. The van der Waals surface area contributed by atoms with Crippen LogP contribution in [0.3, 0.4) is 0 Å². The minimum Gasteiger partial charge on any atom is -0.457 e. The van der Waals surface area contributed by atoms with Gasteiger partial charge >= 0.3 is 0 Å². The summed E-state index contributed by atoms with van der Waals surface area (Å²) in [6.45, 7) is 4.41. The molecule has 1 nitrogen and oxygen atoms in total. The Balaban J connectivity index is 2.32. The van der Waals surface area contributed by atoms with E-state index in [1.807, 2.05) is 13.0 Å². The van der Waals surface area contributed by atoms with Gasteiger partial charge < -0.3 is 4.74 Å². The molecule has 0 N–H and O–H groups in total. The first-order chi connectivity index (χ1) is 9.27. The minimum absolute atomic E-state index is 0.0341. The lowest BCUT2D eigenvalue weighted by molar-refractivity contribution is 0.0166. The Morgan fingerprint density at radius 1 is 0.950 bits per heavy atom. The highest BCUT2D eigenvalue weighted by atomic mass is 35.5. The second kappa shape index (κ2) is 5.41. The zero-order valence-electron chi connectivity index (χ0n) is 11.5. The summed E-state index contributed by atoms with van der Waals surface area (Å²) in [7, 11) is 0. The van der Waals surface area contributed by atoms with Gasteiger partial charge in [0.25, 0.3) is 5.92 Å².